The van der Waals surface area contributed by atoms with Crippen molar-refractivity contribution in [2.24, 2.45) is 0 Å². The van der Waals surface area contributed by atoms with E-state index < -0.39 is 5.95 Å². The van der Waals surface area contributed by atoms with Crippen LogP contribution in [0, 0.1) is 5.95 Å². The van der Waals surface area contributed by atoms with Crippen LogP contribution >= 0.6 is 0 Å². The van der Waals surface area contributed by atoms with Crippen molar-refractivity contribution in [1.29, 1.82) is 0 Å². The topological polar surface area (TPSA) is 31.4 Å². The second kappa shape index (κ2) is 4.89. The summed E-state index contributed by atoms with van der Waals surface area (Å²) < 4.78 is 22.4. The van der Waals surface area contributed by atoms with Crippen LogP contribution in [0.5, 0.6) is 0 Å². The smallest absolute Gasteiger partial charge is 0.212 e. The number of aromatic nitrogens is 1. The van der Waals surface area contributed by atoms with Gasteiger partial charge in [-0.2, -0.15) is 4.39 Å². The molecule has 1 atom stereocenters. The zero-order valence-corrected chi connectivity index (χ0v) is 7.66. The molecule has 1 unspecified atom stereocenters. The second-order valence-electron chi connectivity index (χ2n) is 2.63. The molecule has 0 radical (unpaired) electrons. The normalized spacial score (nSPS) is 12.8. The van der Waals surface area contributed by atoms with Gasteiger partial charge in [-0.25, -0.2) is 4.98 Å². The standard InChI is InChI=1S/C9H12FNO2/c1-7(13-6-12-2)8-3-4-9(10)11-5-8/h3-5,7H,6H2,1-2H3. The Morgan fingerprint density at radius 2 is 2.31 bits per heavy atom. The number of hydrogen-bond donors (Lipinski definition) is 0. The molecular formula is C9H12FNO2. The van der Waals surface area contributed by atoms with E-state index in [0.29, 0.717) is 0 Å². The minimum absolute atomic E-state index is 0.131. The van der Waals surface area contributed by atoms with Gasteiger partial charge in [-0.3, -0.25) is 0 Å². The SMILES string of the molecule is COCOC(C)c1ccc(F)nc1. The van der Waals surface area contributed by atoms with Gasteiger partial charge >= 0.3 is 0 Å². The maximum absolute atomic E-state index is 12.4. The van der Waals surface area contributed by atoms with E-state index in [9.17, 15) is 4.39 Å². The van der Waals surface area contributed by atoms with Gasteiger partial charge < -0.3 is 9.47 Å². The lowest BCUT2D eigenvalue weighted by Gasteiger charge is -2.11. The number of nitrogens with zero attached hydrogens (tertiary/aromatic N) is 1. The van der Waals surface area contributed by atoms with Crippen molar-refractivity contribution in [3.8, 4) is 0 Å². The highest BCUT2D eigenvalue weighted by molar-refractivity contribution is 5.11. The van der Waals surface area contributed by atoms with Gasteiger partial charge in [-0.05, 0) is 18.6 Å². The molecule has 0 saturated carbocycles. The molecule has 1 rings (SSSR count). The van der Waals surface area contributed by atoms with E-state index in [1.54, 1.807) is 13.2 Å². The Bertz CT molecular complexity index is 250. The Kier molecular flexibility index (Phi) is 3.79. The summed E-state index contributed by atoms with van der Waals surface area (Å²) in [7, 11) is 1.55. The highest BCUT2D eigenvalue weighted by Gasteiger charge is 2.05. The quantitative estimate of drug-likeness (QED) is 0.530. The third-order valence-electron chi connectivity index (χ3n) is 1.66. The van der Waals surface area contributed by atoms with Gasteiger partial charge in [-0.1, -0.05) is 6.07 Å². The van der Waals surface area contributed by atoms with Gasteiger partial charge in [0.15, 0.2) is 0 Å². The number of hydrogen-bond acceptors (Lipinski definition) is 3. The van der Waals surface area contributed by atoms with Crippen LogP contribution in [0.15, 0.2) is 18.3 Å². The first-order valence-electron chi connectivity index (χ1n) is 3.96. The van der Waals surface area contributed by atoms with Crippen molar-refractivity contribution in [2.45, 2.75) is 13.0 Å². The summed E-state index contributed by atoms with van der Waals surface area (Å²) in [5, 5.41) is 0. The van der Waals surface area contributed by atoms with E-state index >= 15 is 0 Å². The monoisotopic (exact) mass is 185 g/mol. The Balaban J connectivity index is 2.55. The molecule has 4 heteroatoms. The summed E-state index contributed by atoms with van der Waals surface area (Å²) in [5.41, 5.74) is 0.832. The lowest BCUT2D eigenvalue weighted by molar-refractivity contribution is -0.0667. The Hall–Kier alpha value is -1.00. The summed E-state index contributed by atoms with van der Waals surface area (Å²) in [6, 6.07) is 2.95. The molecule has 72 valence electrons. The van der Waals surface area contributed by atoms with E-state index in [1.807, 2.05) is 6.92 Å². The first kappa shape index (κ1) is 10.1. The van der Waals surface area contributed by atoms with E-state index in [4.69, 9.17) is 9.47 Å². The van der Waals surface area contributed by atoms with Crippen LogP contribution in [0.3, 0.4) is 0 Å². The molecule has 0 amide bonds. The third kappa shape index (κ3) is 3.08. The van der Waals surface area contributed by atoms with E-state index in [0.717, 1.165) is 5.56 Å². The molecule has 0 aliphatic carbocycles. The number of rotatable bonds is 4. The summed E-state index contributed by atoms with van der Waals surface area (Å²) in [6.07, 6.45) is 1.32. The molecule has 3 nitrogen and oxygen atoms in total. The summed E-state index contributed by atoms with van der Waals surface area (Å²) in [5.74, 6) is -0.484. The zero-order valence-electron chi connectivity index (χ0n) is 7.66. The van der Waals surface area contributed by atoms with Crippen molar-refractivity contribution < 1.29 is 13.9 Å². The van der Waals surface area contributed by atoms with Crippen LogP contribution in [-0.2, 0) is 9.47 Å². The van der Waals surface area contributed by atoms with E-state index in [-0.39, 0.29) is 12.9 Å². The largest absolute Gasteiger partial charge is 0.359 e. The molecule has 0 fully saturated rings. The van der Waals surface area contributed by atoms with Crippen LogP contribution in [0.25, 0.3) is 0 Å². The molecular weight excluding hydrogens is 173 g/mol. The van der Waals surface area contributed by atoms with Crippen LogP contribution < -0.4 is 0 Å². The van der Waals surface area contributed by atoms with Gasteiger partial charge in [0.2, 0.25) is 5.95 Å². The summed E-state index contributed by atoms with van der Waals surface area (Å²) in [4.78, 5) is 3.52. The number of methoxy groups -OCH3 is 1. The first-order valence-corrected chi connectivity index (χ1v) is 3.96. The Morgan fingerprint density at radius 1 is 1.54 bits per heavy atom. The summed E-state index contributed by atoms with van der Waals surface area (Å²) in [6.45, 7) is 2.08. The molecule has 1 aromatic heterocycles. The fraction of sp³-hybridized carbons (Fsp3) is 0.444. The van der Waals surface area contributed by atoms with Crippen molar-refractivity contribution >= 4 is 0 Å². The molecule has 13 heavy (non-hydrogen) atoms. The zero-order chi connectivity index (χ0) is 9.68. The van der Waals surface area contributed by atoms with Crippen LogP contribution in [-0.4, -0.2) is 18.9 Å². The molecule has 0 aliphatic rings. The van der Waals surface area contributed by atoms with Gasteiger partial charge in [0.1, 0.15) is 6.79 Å². The number of pyridine rings is 1. The Morgan fingerprint density at radius 3 is 2.85 bits per heavy atom. The lowest BCUT2D eigenvalue weighted by Crippen LogP contribution is -2.03. The molecule has 1 heterocycles. The average Bonchev–Trinajstić information content (AvgIpc) is 2.15. The van der Waals surface area contributed by atoms with Crippen LogP contribution in [0.2, 0.25) is 0 Å². The maximum atomic E-state index is 12.4. The van der Waals surface area contributed by atoms with Crippen molar-refractivity contribution in [3.05, 3.63) is 29.8 Å². The van der Waals surface area contributed by atoms with Gasteiger partial charge in [-0.15, -0.1) is 0 Å². The van der Waals surface area contributed by atoms with Gasteiger partial charge in [0.25, 0.3) is 0 Å². The van der Waals surface area contributed by atoms with E-state index in [2.05, 4.69) is 4.98 Å². The summed E-state index contributed by atoms with van der Waals surface area (Å²) >= 11 is 0. The Labute approximate surface area is 76.5 Å². The molecule has 0 N–H and O–H groups in total. The molecule has 0 saturated heterocycles. The second-order valence-corrected chi connectivity index (χ2v) is 2.63. The lowest BCUT2D eigenvalue weighted by atomic mass is 10.2. The first-order chi connectivity index (χ1) is 6.24. The van der Waals surface area contributed by atoms with Crippen molar-refractivity contribution in [1.82, 2.24) is 4.98 Å². The fourth-order valence-corrected chi connectivity index (χ4v) is 0.894. The van der Waals surface area contributed by atoms with Gasteiger partial charge in [0.05, 0.1) is 6.10 Å². The van der Waals surface area contributed by atoms with Crippen LogP contribution in [0.4, 0.5) is 4.39 Å². The van der Waals surface area contributed by atoms with Gasteiger partial charge in [0, 0.05) is 13.3 Å². The van der Waals surface area contributed by atoms with Crippen LogP contribution in [0.1, 0.15) is 18.6 Å². The average molecular weight is 185 g/mol. The molecule has 0 bridgehead atoms. The predicted molar refractivity (Wildman–Crippen MR) is 45.6 cm³/mol. The molecule has 0 aromatic carbocycles. The molecule has 0 spiro atoms. The fourth-order valence-electron chi connectivity index (χ4n) is 0.894. The predicted octanol–water partition coefficient (Wildman–Crippen LogP) is 1.90. The van der Waals surface area contributed by atoms with Crippen molar-refractivity contribution in [3.63, 3.8) is 0 Å². The van der Waals surface area contributed by atoms with Crippen molar-refractivity contribution in [2.75, 3.05) is 13.9 Å². The minimum Gasteiger partial charge on any atom is -0.359 e. The maximum Gasteiger partial charge on any atom is 0.212 e. The molecule has 0 aliphatic heterocycles. The highest BCUT2D eigenvalue weighted by Crippen LogP contribution is 2.14. The third-order valence-corrected chi connectivity index (χ3v) is 1.66. The highest BCUT2D eigenvalue weighted by atomic mass is 19.1. The number of ether oxygens (including phenoxy) is 2. The molecule has 1 aromatic rings. The minimum atomic E-state index is -0.484. The number of halogens is 1. The van der Waals surface area contributed by atoms with E-state index in [1.165, 1.54) is 12.3 Å².